The minimum Gasteiger partial charge on any atom is -0.171 e. The summed E-state index contributed by atoms with van der Waals surface area (Å²) in [4.78, 5) is 0. The van der Waals surface area contributed by atoms with Crippen LogP contribution in [0.4, 0.5) is 13.2 Å². The van der Waals surface area contributed by atoms with Crippen LogP contribution in [0.25, 0.3) is 0 Å². The summed E-state index contributed by atoms with van der Waals surface area (Å²) in [5.41, 5.74) is -2.04. The maximum Gasteiger partial charge on any atom is 0.394 e. The average molecular weight is 140 g/mol. The molecule has 0 aromatic carbocycles. The van der Waals surface area contributed by atoms with Gasteiger partial charge < -0.3 is 0 Å². The van der Waals surface area contributed by atoms with Crippen molar-refractivity contribution < 1.29 is 15.9 Å². The molecule has 0 aromatic heterocycles. The zero-order valence-corrected chi connectivity index (χ0v) is 5.05. The van der Waals surface area contributed by atoms with Gasteiger partial charge in [-0.15, -0.1) is 0 Å². The Bertz CT molecular complexity index is 148. The van der Waals surface area contributed by atoms with Crippen molar-refractivity contribution in [2.75, 3.05) is 0 Å². The molecular formula is C6H9F3. The summed E-state index contributed by atoms with van der Waals surface area (Å²) < 4.78 is 50.5. The Hall–Kier alpha value is -0.210. The van der Waals surface area contributed by atoms with Gasteiger partial charge in [0.2, 0.25) is 0 Å². The first-order valence-corrected chi connectivity index (χ1v) is 2.77. The van der Waals surface area contributed by atoms with E-state index in [1.165, 1.54) is 0 Å². The van der Waals surface area contributed by atoms with E-state index in [2.05, 4.69) is 0 Å². The van der Waals surface area contributed by atoms with Gasteiger partial charge in [-0.1, -0.05) is 6.92 Å². The highest BCUT2D eigenvalue weighted by atomic mass is 19.4. The molecule has 54 valence electrons. The van der Waals surface area contributed by atoms with E-state index < -0.39 is 18.0 Å². The second-order valence-corrected chi connectivity index (χ2v) is 2.33. The highest BCUT2D eigenvalue weighted by molar-refractivity contribution is 4.97. The highest BCUT2D eigenvalue weighted by Crippen LogP contribution is 2.59. The summed E-state index contributed by atoms with van der Waals surface area (Å²) in [5.74, 6) is 0. The predicted octanol–water partition coefficient (Wildman–Crippen LogP) is 2.74. The quantitative estimate of drug-likeness (QED) is 0.525. The van der Waals surface area contributed by atoms with Crippen molar-refractivity contribution in [2.45, 2.75) is 32.3 Å². The van der Waals surface area contributed by atoms with Gasteiger partial charge in [-0.2, -0.15) is 13.2 Å². The lowest BCUT2D eigenvalue weighted by Gasteiger charge is -2.15. The van der Waals surface area contributed by atoms with E-state index in [0.29, 0.717) is 0 Å². The van der Waals surface area contributed by atoms with E-state index in [-0.39, 0.29) is 12.8 Å². The molecule has 0 saturated heterocycles. The van der Waals surface area contributed by atoms with E-state index in [1.54, 1.807) is 0 Å². The Balaban J connectivity index is 2.85. The Morgan fingerprint density at radius 1 is 1.56 bits per heavy atom. The zero-order valence-electron chi connectivity index (χ0n) is 7.05. The second kappa shape index (κ2) is 1.64. The molecule has 1 aliphatic rings. The molecule has 0 N–H and O–H groups in total. The fourth-order valence-electron chi connectivity index (χ4n) is 0.800. The van der Waals surface area contributed by atoms with Crippen molar-refractivity contribution in [1.29, 1.82) is 0 Å². The van der Waals surface area contributed by atoms with E-state index in [0.717, 1.165) is 6.92 Å². The van der Waals surface area contributed by atoms with Gasteiger partial charge in [-0.25, -0.2) is 0 Å². The van der Waals surface area contributed by atoms with Crippen LogP contribution in [0, 0.1) is 5.41 Å². The first kappa shape index (κ1) is 4.58. The van der Waals surface area contributed by atoms with Gasteiger partial charge >= 0.3 is 6.18 Å². The van der Waals surface area contributed by atoms with Gasteiger partial charge in [0.1, 0.15) is 0 Å². The summed E-state index contributed by atoms with van der Waals surface area (Å²) in [7, 11) is 0. The molecule has 0 aromatic rings. The molecule has 0 radical (unpaired) electrons. The molecule has 0 bridgehead atoms. The summed E-state index contributed by atoms with van der Waals surface area (Å²) in [5, 5.41) is 0. The smallest absolute Gasteiger partial charge is 0.171 e. The van der Waals surface area contributed by atoms with Gasteiger partial charge in [0.15, 0.2) is 0 Å². The lowest BCUT2D eigenvalue weighted by atomic mass is 10.0. The van der Waals surface area contributed by atoms with Gasteiger partial charge in [-0.3, -0.25) is 0 Å². The summed E-state index contributed by atoms with van der Waals surface area (Å²) >= 11 is 0. The zero-order chi connectivity index (χ0) is 8.91. The average Bonchev–Trinajstić information content (AvgIpc) is 2.31. The van der Waals surface area contributed by atoms with E-state index >= 15 is 0 Å². The van der Waals surface area contributed by atoms with Crippen molar-refractivity contribution in [3.05, 3.63) is 0 Å². The normalized spacial score (nSPS) is 28.9. The predicted molar refractivity (Wildman–Crippen MR) is 28.0 cm³/mol. The van der Waals surface area contributed by atoms with Crippen molar-refractivity contribution in [3.63, 3.8) is 0 Å². The van der Waals surface area contributed by atoms with Crippen molar-refractivity contribution >= 4 is 0 Å². The topological polar surface area (TPSA) is 0 Å². The Morgan fingerprint density at radius 2 is 2.00 bits per heavy atom. The molecule has 0 heterocycles. The van der Waals surface area contributed by atoms with Gasteiger partial charge in [0.25, 0.3) is 0 Å². The molecule has 0 unspecified atom stereocenters. The molecule has 1 aliphatic carbocycles. The van der Waals surface area contributed by atoms with Crippen LogP contribution in [0.3, 0.4) is 0 Å². The Kier molecular flexibility index (Phi) is 0.836. The molecule has 0 aliphatic heterocycles. The summed E-state index contributed by atoms with van der Waals surface area (Å²) in [6.45, 7) is 0.994. The monoisotopic (exact) mass is 140 g/mol. The van der Waals surface area contributed by atoms with Crippen LogP contribution < -0.4 is 0 Å². The summed E-state index contributed by atoms with van der Waals surface area (Å²) in [6, 6.07) is 0. The minimum atomic E-state index is -4.38. The molecule has 0 spiro atoms. The number of rotatable bonds is 1. The number of hydrogen-bond donors (Lipinski definition) is 0. The lowest BCUT2D eigenvalue weighted by Crippen LogP contribution is -2.23. The van der Waals surface area contributed by atoms with Crippen LogP contribution in [0.1, 0.15) is 28.9 Å². The van der Waals surface area contributed by atoms with Gasteiger partial charge in [0.05, 0.1) is 5.41 Å². The third-order valence-corrected chi connectivity index (χ3v) is 1.77. The van der Waals surface area contributed by atoms with Crippen LogP contribution in [-0.4, -0.2) is 6.18 Å². The minimum absolute atomic E-state index is 0.0694. The SMILES string of the molecule is [2H]C([2H])(C)C1(C(F)(F)F)CC1. The third kappa shape index (κ3) is 0.926. The number of halogens is 3. The molecule has 9 heavy (non-hydrogen) atoms. The standard InChI is InChI=1S/C6H9F3/c1-2-5(3-4-5)6(7,8)9/h2-4H2,1H3/i2D2. The third-order valence-electron chi connectivity index (χ3n) is 1.77. The molecule has 1 saturated carbocycles. The summed E-state index contributed by atoms with van der Waals surface area (Å²) in [6.07, 6.45) is -6.66. The van der Waals surface area contributed by atoms with Crippen LogP contribution in [0.15, 0.2) is 0 Å². The molecule has 0 amide bonds. The van der Waals surface area contributed by atoms with Crippen molar-refractivity contribution in [3.8, 4) is 0 Å². The van der Waals surface area contributed by atoms with Gasteiger partial charge in [-0.05, 0) is 19.2 Å². The Morgan fingerprint density at radius 3 is 2.00 bits per heavy atom. The molecule has 1 rings (SSSR count). The van der Waals surface area contributed by atoms with E-state index in [1.807, 2.05) is 0 Å². The molecule has 3 heteroatoms. The molecule has 0 atom stereocenters. The van der Waals surface area contributed by atoms with Crippen LogP contribution in [0.5, 0.6) is 0 Å². The fraction of sp³-hybridized carbons (Fsp3) is 1.00. The Labute approximate surface area is 54.9 Å². The van der Waals surface area contributed by atoms with Crippen LogP contribution in [0.2, 0.25) is 0 Å². The maximum atomic E-state index is 12.2. The molecular weight excluding hydrogens is 129 g/mol. The van der Waals surface area contributed by atoms with Crippen molar-refractivity contribution in [2.24, 2.45) is 5.41 Å². The van der Waals surface area contributed by atoms with E-state index in [4.69, 9.17) is 2.74 Å². The number of alkyl halides is 3. The first-order valence-electron chi connectivity index (χ1n) is 3.77. The van der Waals surface area contributed by atoms with Crippen LogP contribution >= 0.6 is 0 Å². The maximum absolute atomic E-state index is 12.2. The van der Waals surface area contributed by atoms with Gasteiger partial charge in [0, 0.05) is 2.74 Å². The first-order chi connectivity index (χ1) is 4.71. The molecule has 0 nitrogen and oxygen atoms in total. The van der Waals surface area contributed by atoms with Crippen molar-refractivity contribution in [1.82, 2.24) is 0 Å². The second-order valence-electron chi connectivity index (χ2n) is 2.33. The fourth-order valence-corrected chi connectivity index (χ4v) is 0.800. The van der Waals surface area contributed by atoms with E-state index in [9.17, 15) is 13.2 Å². The molecule has 1 fully saturated rings. The highest BCUT2D eigenvalue weighted by Gasteiger charge is 2.61. The lowest BCUT2D eigenvalue weighted by molar-refractivity contribution is -0.187. The number of hydrogen-bond acceptors (Lipinski definition) is 0. The largest absolute Gasteiger partial charge is 0.394 e. The van der Waals surface area contributed by atoms with Crippen LogP contribution in [-0.2, 0) is 0 Å².